The van der Waals surface area contributed by atoms with Crippen LogP contribution in [0.4, 0.5) is 5.69 Å². The quantitative estimate of drug-likeness (QED) is 0.723. The molecule has 2 rings (SSSR count). The van der Waals surface area contributed by atoms with Gasteiger partial charge in [0, 0.05) is 24.6 Å². The molecule has 0 saturated heterocycles. The van der Waals surface area contributed by atoms with Gasteiger partial charge in [-0.25, -0.2) is 4.79 Å². The predicted molar refractivity (Wildman–Crippen MR) is 101 cm³/mol. The van der Waals surface area contributed by atoms with Gasteiger partial charge in [-0.2, -0.15) is 0 Å². The van der Waals surface area contributed by atoms with E-state index < -0.39 is 12.0 Å². The molecule has 0 aliphatic heterocycles. The molecule has 0 aliphatic rings. The summed E-state index contributed by atoms with van der Waals surface area (Å²) >= 11 is 0. The first-order valence-electron chi connectivity index (χ1n) is 8.66. The number of nitrogens with one attached hydrogen (secondary N) is 1. The lowest BCUT2D eigenvalue weighted by Crippen LogP contribution is -2.46. The Bertz CT molecular complexity index is 705. The number of para-hydroxylation sites is 1. The number of hydrogen-bond acceptors (Lipinski definition) is 4. The molecule has 0 saturated carbocycles. The predicted octanol–water partition coefficient (Wildman–Crippen LogP) is 2.70. The Kier molecular flexibility index (Phi) is 7.14. The number of aliphatic carboxylic acids is 1. The van der Waals surface area contributed by atoms with Crippen LogP contribution in [0, 0.1) is 5.92 Å². The number of rotatable bonds is 9. The zero-order valence-electron chi connectivity index (χ0n) is 15.1. The van der Waals surface area contributed by atoms with Gasteiger partial charge in [-0.15, -0.1) is 0 Å². The van der Waals surface area contributed by atoms with E-state index in [9.17, 15) is 14.7 Å². The minimum absolute atomic E-state index is 0.0702. The lowest BCUT2D eigenvalue weighted by Gasteiger charge is -2.25. The number of amides is 1. The second-order valence-electron chi connectivity index (χ2n) is 6.64. The zero-order valence-corrected chi connectivity index (χ0v) is 15.1. The maximum Gasteiger partial charge on any atom is 0.326 e. The molecule has 6 heteroatoms. The molecule has 0 radical (unpaired) electrons. The maximum atomic E-state index is 12.5. The summed E-state index contributed by atoms with van der Waals surface area (Å²) in [5.74, 6) is -1.15. The molecule has 0 fully saturated rings. The molecule has 2 N–H and O–H groups in total. The summed E-state index contributed by atoms with van der Waals surface area (Å²) in [5.41, 5.74) is 1.86. The molecule has 138 valence electrons. The molecule has 0 spiro atoms. The molecule has 1 atom stereocenters. The molecule has 0 bridgehead atoms. The average Bonchev–Trinajstić information content (AvgIpc) is 2.62. The highest BCUT2D eigenvalue weighted by Gasteiger charge is 2.22. The van der Waals surface area contributed by atoms with Crippen molar-refractivity contribution in [1.82, 2.24) is 10.3 Å². The monoisotopic (exact) mass is 355 g/mol. The Balaban J connectivity index is 2.10. The highest BCUT2D eigenvalue weighted by atomic mass is 16.4. The second kappa shape index (κ2) is 9.56. The number of hydrogen-bond donors (Lipinski definition) is 2. The topological polar surface area (TPSA) is 82.5 Å². The van der Waals surface area contributed by atoms with Crippen LogP contribution in [0.15, 0.2) is 54.9 Å². The van der Waals surface area contributed by atoms with Crippen LogP contribution in [-0.4, -0.2) is 34.6 Å². The second-order valence-corrected chi connectivity index (χ2v) is 6.64. The number of anilines is 1. The molecule has 0 unspecified atom stereocenters. The minimum Gasteiger partial charge on any atom is -0.480 e. The molecular weight excluding hydrogens is 330 g/mol. The molecule has 1 aromatic heterocycles. The van der Waals surface area contributed by atoms with Crippen molar-refractivity contribution in [3.8, 4) is 0 Å². The Morgan fingerprint density at radius 1 is 1.15 bits per heavy atom. The number of nitrogens with zero attached hydrogens (tertiary/aromatic N) is 2. The number of aromatic nitrogens is 1. The van der Waals surface area contributed by atoms with Crippen LogP contribution < -0.4 is 10.2 Å². The van der Waals surface area contributed by atoms with E-state index in [1.165, 1.54) is 0 Å². The summed E-state index contributed by atoms with van der Waals surface area (Å²) in [6, 6.07) is 12.5. The van der Waals surface area contributed by atoms with Crippen LogP contribution in [-0.2, 0) is 16.1 Å². The summed E-state index contributed by atoms with van der Waals surface area (Å²) in [7, 11) is 0. The number of carbonyl (C=O) groups excluding carboxylic acids is 1. The normalized spacial score (nSPS) is 11.8. The summed E-state index contributed by atoms with van der Waals surface area (Å²) in [4.78, 5) is 29.9. The first-order valence-corrected chi connectivity index (χ1v) is 8.66. The lowest BCUT2D eigenvalue weighted by atomic mass is 10.0. The smallest absolute Gasteiger partial charge is 0.326 e. The SMILES string of the molecule is CC(C)C[C@H](NC(=O)CN(Cc1cccnc1)c1ccccc1)C(=O)O. The van der Waals surface area contributed by atoms with Gasteiger partial charge in [0.25, 0.3) is 0 Å². The van der Waals surface area contributed by atoms with Gasteiger partial charge >= 0.3 is 5.97 Å². The van der Waals surface area contributed by atoms with Crippen molar-refractivity contribution in [3.63, 3.8) is 0 Å². The number of carboxylic acids is 1. The fraction of sp³-hybridized carbons (Fsp3) is 0.350. The third-order valence-corrected chi connectivity index (χ3v) is 3.89. The Labute approximate surface area is 153 Å². The van der Waals surface area contributed by atoms with E-state index in [0.29, 0.717) is 13.0 Å². The first kappa shape index (κ1) is 19.4. The van der Waals surface area contributed by atoms with Gasteiger partial charge in [-0.3, -0.25) is 9.78 Å². The highest BCUT2D eigenvalue weighted by Crippen LogP contribution is 2.16. The maximum absolute atomic E-state index is 12.5. The van der Waals surface area contributed by atoms with Crippen molar-refractivity contribution in [1.29, 1.82) is 0 Å². The van der Waals surface area contributed by atoms with Crippen molar-refractivity contribution >= 4 is 17.6 Å². The standard InChI is InChI=1S/C20H25N3O3/c1-15(2)11-18(20(25)26)22-19(24)14-23(17-8-4-3-5-9-17)13-16-7-6-10-21-12-16/h3-10,12,15,18H,11,13-14H2,1-2H3,(H,22,24)(H,25,26)/t18-/m0/s1. The molecule has 6 nitrogen and oxygen atoms in total. The Morgan fingerprint density at radius 2 is 1.88 bits per heavy atom. The fourth-order valence-electron chi connectivity index (χ4n) is 2.70. The van der Waals surface area contributed by atoms with Crippen LogP contribution in [0.25, 0.3) is 0 Å². The molecular formula is C20H25N3O3. The summed E-state index contributed by atoms with van der Waals surface area (Å²) in [5, 5.41) is 12.0. The van der Waals surface area contributed by atoms with Crippen LogP contribution in [0.2, 0.25) is 0 Å². The fourth-order valence-corrected chi connectivity index (χ4v) is 2.70. The van der Waals surface area contributed by atoms with Gasteiger partial charge in [-0.1, -0.05) is 38.1 Å². The van der Waals surface area contributed by atoms with Gasteiger partial charge in [0.15, 0.2) is 0 Å². The van der Waals surface area contributed by atoms with Crippen molar-refractivity contribution in [2.75, 3.05) is 11.4 Å². The summed E-state index contributed by atoms with van der Waals surface area (Å²) in [6.45, 7) is 4.44. The number of pyridine rings is 1. The van der Waals surface area contributed by atoms with E-state index in [0.717, 1.165) is 11.3 Å². The molecule has 1 amide bonds. The van der Waals surface area contributed by atoms with E-state index >= 15 is 0 Å². The molecule has 1 aromatic carbocycles. The molecule has 2 aromatic rings. The van der Waals surface area contributed by atoms with Crippen molar-refractivity contribution < 1.29 is 14.7 Å². The van der Waals surface area contributed by atoms with Gasteiger partial charge in [-0.05, 0) is 36.1 Å². The number of benzene rings is 1. The van der Waals surface area contributed by atoms with Crippen molar-refractivity contribution in [2.45, 2.75) is 32.9 Å². The van der Waals surface area contributed by atoms with E-state index in [1.54, 1.807) is 12.4 Å². The number of carbonyl (C=O) groups is 2. The molecule has 0 aliphatic carbocycles. The van der Waals surface area contributed by atoms with Gasteiger partial charge in [0.05, 0.1) is 6.54 Å². The van der Waals surface area contributed by atoms with Crippen LogP contribution in [0.5, 0.6) is 0 Å². The van der Waals surface area contributed by atoms with Crippen LogP contribution in [0.3, 0.4) is 0 Å². The van der Waals surface area contributed by atoms with Crippen LogP contribution >= 0.6 is 0 Å². The summed E-state index contributed by atoms with van der Waals surface area (Å²) < 4.78 is 0. The van der Waals surface area contributed by atoms with E-state index in [-0.39, 0.29) is 18.4 Å². The van der Waals surface area contributed by atoms with E-state index in [4.69, 9.17) is 0 Å². The minimum atomic E-state index is -1.01. The van der Waals surface area contributed by atoms with Crippen molar-refractivity contribution in [2.24, 2.45) is 5.92 Å². The van der Waals surface area contributed by atoms with Gasteiger partial charge in [0.1, 0.15) is 6.04 Å². The largest absolute Gasteiger partial charge is 0.480 e. The van der Waals surface area contributed by atoms with Crippen molar-refractivity contribution in [3.05, 3.63) is 60.4 Å². The number of carboxylic acid groups (broad SMARTS) is 1. The Morgan fingerprint density at radius 3 is 2.46 bits per heavy atom. The van der Waals surface area contributed by atoms with Gasteiger partial charge in [0.2, 0.25) is 5.91 Å². The highest BCUT2D eigenvalue weighted by molar-refractivity contribution is 5.86. The van der Waals surface area contributed by atoms with Gasteiger partial charge < -0.3 is 15.3 Å². The zero-order chi connectivity index (χ0) is 18.9. The van der Waals surface area contributed by atoms with Crippen LogP contribution in [0.1, 0.15) is 25.8 Å². The third-order valence-electron chi connectivity index (χ3n) is 3.89. The Hall–Kier alpha value is -2.89. The molecule has 26 heavy (non-hydrogen) atoms. The lowest BCUT2D eigenvalue weighted by molar-refractivity contribution is -0.142. The third kappa shape index (κ3) is 6.20. The summed E-state index contributed by atoms with van der Waals surface area (Å²) in [6.07, 6.45) is 3.86. The van der Waals surface area contributed by atoms with E-state index in [2.05, 4.69) is 10.3 Å². The first-order chi connectivity index (χ1) is 12.5. The molecule has 1 heterocycles. The average molecular weight is 355 g/mol. The van der Waals surface area contributed by atoms with E-state index in [1.807, 2.05) is 61.2 Å².